The number of fused-ring (bicyclic) bond motifs is 1. The fraction of sp³-hybridized carbons (Fsp3) is 0.259. The Balaban J connectivity index is 1.64. The molecule has 0 bridgehead atoms. The van der Waals surface area contributed by atoms with Crippen molar-refractivity contribution >= 4 is 44.1 Å². The van der Waals surface area contributed by atoms with Gasteiger partial charge in [-0.15, -0.1) is 0 Å². The first-order valence-electron chi connectivity index (χ1n) is 12.1. The summed E-state index contributed by atoms with van der Waals surface area (Å²) in [5, 5.41) is 10.8. The highest BCUT2D eigenvalue weighted by Gasteiger charge is 2.32. The van der Waals surface area contributed by atoms with Gasteiger partial charge in [0.05, 0.1) is 52.7 Å². The lowest BCUT2D eigenvalue weighted by Crippen LogP contribution is -2.16. The highest BCUT2D eigenvalue weighted by Crippen LogP contribution is 2.34. The summed E-state index contributed by atoms with van der Waals surface area (Å²) in [4.78, 5) is 30.2. The summed E-state index contributed by atoms with van der Waals surface area (Å²) in [5.41, 5.74) is 3.61. The highest BCUT2D eigenvalue weighted by atomic mass is 32.2. The van der Waals surface area contributed by atoms with Gasteiger partial charge in [-0.1, -0.05) is 30.3 Å². The van der Waals surface area contributed by atoms with Gasteiger partial charge in [0.25, 0.3) is 5.91 Å². The van der Waals surface area contributed by atoms with E-state index in [2.05, 4.69) is 15.7 Å². The van der Waals surface area contributed by atoms with E-state index in [0.717, 1.165) is 5.56 Å². The molecule has 2 N–H and O–H groups in total. The van der Waals surface area contributed by atoms with E-state index in [0.29, 0.717) is 51.5 Å². The van der Waals surface area contributed by atoms with Gasteiger partial charge in [-0.3, -0.25) is 9.59 Å². The quantitative estimate of drug-likeness (QED) is 0.383. The number of aromatic nitrogens is 3. The second-order valence-electron chi connectivity index (χ2n) is 9.26. The zero-order chi connectivity index (χ0) is 27.0. The van der Waals surface area contributed by atoms with Crippen LogP contribution in [-0.2, 0) is 14.6 Å². The van der Waals surface area contributed by atoms with Crippen LogP contribution in [0.25, 0.3) is 22.3 Å². The number of carbonyl (C=O) groups excluding carboxylic acids is 2. The van der Waals surface area contributed by atoms with Crippen LogP contribution in [0.5, 0.6) is 5.75 Å². The number of hydrogen-bond donors (Lipinski definition) is 2. The number of ether oxygens (including phenoxy) is 1. The molecular formula is C27H27N5O5S. The fourth-order valence-corrected chi connectivity index (χ4v) is 6.44. The molecule has 0 spiro atoms. The van der Waals surface area contributed by atoms with Crippen LogP contribution < -0.4 is 15.4 Å². The van der Waals surface area contributed by atoms with Gasteiger partial charge in [0, 0.05) is 18.2 Å². The maximum absolute atomic E-state index is 13.8. The van der Waals surface area contributed by atoms with Crippen molar-refractivity contribution in [2.75, 3.05) is 29.2 Å². The molecule has 10 nitrogen and oxygen atoms in total. The molecule has 3 heterocycles. The van der Waals surface area contributed by atoms with E-state index < -0.39 is 15.7 Å². The molecule has 0 radical (unpaired) electrons. The summed E-state index contributed by atoms with van der Waals surface area (Å²) in [5.74, 6) is -0.171. The standard InChI is InChI=1S/C27H27N5O5S/c1-16-25-21(27(34)30-23-13-19(28-17(2)33)9-10-24(23)37-3)14-22(18-7-5-4-6-8-18)29-26(25)32(31-16)20-11-12-38(35,36)15-20/h4-10,13-14,20H,11-12,15H2,1-3H3,(H,28,33)(H,30,34). The average molecular weight is 534 g/mol. The number of hydrogen-bond acceptors (Lipinski definition) is 7. The zero-order valence-electron chi connectivity index (χ0n) is 21.2. The number of benzene rings is 2. The Hall–Kier alpha value is -4.25. The predicted octanol–water partition coefficient (Wildman–Crippen LogP) is 3.99. The molecule has 0 saturated carbocycles. The first-order valence-corrected chi connectivity index (χ1v) is 13.9. The SMILES string of the molecule is COc1ccc(NC(C)=O)cc1NC(=O)c1cc(-c2ccccc2)nc2c1c(C)nn2C1CCS(=O)(=O)C1. The third-order valence-electron chi connectivity index (χ3n) is 6.47. The molecule has 1 aliphatic rings. The Morgan fingerprint density at radius 2 is 1.84 bits per heavy atom. The minimum Gasteiger partial charge on any atom is -0.495 e. The molecule has 2 aromatic carbocycles. The monoisotopic (exact) mass is 533 g/mol. The van der Waals surface area contributed by atoms with Crippen molar-refractivity contribution in [1.82, 2.24) is 14.8 Å². The molecule has 38 heavy (non-hydrogen) atoms. The number of nitrogens with one attached hydrogen (secondary N) is 2. The van der Waals surface area contributed by atoms with Gasteiger partial charge in [0.1, 0.15) is 5.75 Å². The lowest BCUT2D eigenvalue weighted by atomic mass is 10.0. The highest BCUT2D eigenvalue weighted by molar-refractivity contribution is 7.91. The van der Waals surface area contributed by atoms with Crippen LogP contribution in [0.15, 0.2) is 54.6 Å². The summed E-state index contributed by atoms with van der Waals surface area (Å²) in [6.07, 6.45) is 0.435. The first kappa shape index (κ1) is 25.4. The second kappa shape index (κ2) is 9.90. The van der Waals surface area contributed by atoms with Gasteiger partial charge in [-0.05, 0) is 37.6 Å². The number of pyridine rings is 1. The fourth-order valence-electron chi connectivity index (χ4n) is 4.75. The summed E-state index contributed by atoms with van der Waals surface area (Å²) >= 11 is 0. The third-order valence-corrected chi connectivity index (χ3v) is 8.22. The minimum atomic E-state index is -3.16. The smallest absolute Gasteiger partial charge is 0.256 e. The molecule has 196 valence electrons. The third kappa shape index (κ3) is 4.97. The Kier molecular flexibility index (Phi) is 6.62. The largest absolute Gasteiger partial charge is 0.495 e. The maximum Gasteiger partial charge on any atom is 0.256 e. The van der Waals surface area contributed by atoms with E-state index in [4.69, 9.17) is 9.72 Å². The molecule has 11 heteroatoms. The number of amides is 2. The second-order valence-corrected chi connectivity index (χ2v) is 11.5. The average Bonchev–Trinajstić information content (AvgIpc) is 3.42. The van der Waals surface area contributed by atoms with E-state index in [1.807, 2.05) is 30.3 Å². The molecule has 1 fully saturated rings. The number of sulfone groups is 1. The van der Waals surface area contributed by atoms with E-state index >= 15 is 0 Å². The van der Waals surface area contributed by atoms with E-state index in [1.54, 1.807) is 35.9 Å². The van der Waals surface area contributed by atoms with E-state index in [-0.39, 0.29) is 23.5 Å². The molecular weight excluding hydrogens is 506 g/mol. The maximum atomic E-state index is 13.8. The predicted molar refractivity (Wildman–Crippen MR) is 145 cm³/mol. The molecule has 0 aliphatic carbocycles. The summed E-state index contributed by atoms with van der Waals surface area (Å²) in [7, 11) is -1.67. The topological polar surface area (TPSA) is 132 Å². The molecule has 1 unspecified atom stereocenters. The molecule has 5 rings (SSSR count). The zero-order valence-corrected chi connectivity index (χ0v) is 22.0. The number of methoxy groups -OCH3 is 1. The van der Waals surface area contributed by atoms with Crippen molar-refractivity contribution in [1.29, 1.82) is 0 Å². The number of aryl methyl sites for hydroxylation is 1. The number of rotatable bonds is 6. The van der Waals surface area contributed by atoms with Crippen molar-refractivity contribution < 1.29 is 22.7 Å². The minimum absolute atomic E-state index is 0.0187. The Morgan fingerprint density at radius 1 is 1.08 bits per heavy atom. The van der Waals surface area contributed by atoms with Gasteiger partial charge < -0.3 is 15.4 Å². The lowest BCUT2D eigenvalue weighted by molar-refractivity contribution is -0.114. The van der Waals surface area contributed by atoms with Crippen molar-refractivity contribution in [3.05, 3.63) is 65.9 Å². The van der Waals surface area contributed by atoms with Gasteiger partial charge in [-0.25, -0.2) is 18.1 Å². The Morgan fingerprint density at radius 3 is 2.50 bits per heavy atom. The number of anilines is 2. The Labute approximate surface area is 219 Å². The molecule has 2 aromatic heterocycles. The normalized spacial score (nSPS) is 16.3. The van der Waals surface area contributed by atoms with Crippen molar-refractivity contribution in [2.24, 2.45) is 0 Å². The Bertz CT molecular complexity index is 1660. The summed E-state index contributed by atoms with van der Waals surface area (Å²) in [6.45, 7) is 3.18. The van der Waals surface area contributed by atoms with Crippen molar-refractivity contribution in [3.63, 3.8) is 0 Å². The first-order chi connectivity index (χ1) is 18.1. The van der Waals surface area contributed by atoms with Gasteiger partial charge in [0.15, 0.2) is 15.5 Å². The molecule has 4 aromatic rings. The van der Waals surface area contributed by atoms with E-state index in [1.165, 1.54) is 14.0 Å². The summed E-state index contributed by atoms with van der Waals surface area (Å²) < 4.78 is 31.5. The van der Waals surface area contributed by atoms with Crippen LogP contribution in [-0.4, -0.2) is 53.6 Å². The molecule has 2 amide bonds. The van der Waals surface area contributed by atoms with Crippen molar-refractivity contribution in [3.8, 4) is 17.0 Å². The van der Waals surface area contributed by atoms with Crippen molar-refractivity contribution in [2.45, 2.75) is 26.3 Å². The number of carbonyl (C=O) groups is 2. The lowest BCUT2D eigenvalue weighted by Gasteiger charge is -2.14. The molecule has 1 saturated heterocycles. The van der Waals surface area contributed by atoms with Crippen LogP contribution in [0, 0.1) is 6.92 Å². The van der Waals surface area contributed by atoms with Gasteiger partial charge in [-0.2, -0.15) is 5.10 Å². The summed E-state index contributed by atoms with van der Waals surface area (Å²) in [6, 6.07) is 15.7. The van der Waals surface area contributed by atoms with Gasteiger partial charge >= 0.3 is 0 Å². The molecule has 1 atom stereocenters. The van der Waals surface area contributed by atoms with E-state index in [9.17, 15) is 18.0 Å². The molecule has 1 aliphatic heterocycles. The van der Waals surface area contributed by atoms with Gasteiger partial charge in [0.2, 0.25) is 5.91 Å². The van der Waals surface area contributed by atoms with Crippen LogP contribution in [0.3, 0.4) is 0 Å². The van der Waals surface area contributed by atoms with Crippen LogP contribution >= 0.6 is 0 Å². The van der Waals surface area contributed by atoms with Crippen LogP contribution in [0.2, 0.25) is 0 Å². The van der Waals surface area contributed by atoms with Crippen LogP contribution in [0.4, 0.5) is 11.4 Å². The number of nitrogens with zero attached hydrogens (tertiary/aromatic N) is 3. The van der Waals surface area contributed by atoms with Crippen LogP contribution in [0.1, 0.15) is 35.4 Å².